The number of benzene rings is 2. The molecule has 5 heteroatoms. The number of carbonyl (C=O) groups is 1. The van der Waals surface area contributed by atoms with Gasteiger partial charge in [0.2, 0.25) is 5.91 Å². The first-order valence-corrected chi connectivity index (χ1v) is 9.93. The van der Waals surface area contributed by atoms with Gasteiger partial charge >= 0.3 is 0 Å². The van der Waals surface area contributed by atoms with Crippen molar-refractivity contribution < 1.29 is 13.9 Å². The third kappa shape index (κ3) is 6.29. The lowest BCUT2D eigenvalue weighted by atomic mass is 10.2. The molecule has 0 atom stereocenters. The molecule has 152 valence electrons. The van der Waals surface area contributed by atoms with E-state index in [-0.39, 0.29) is 18.3 Å². The maximum atomic E-state index is 13.5. The van der Waals surface area contributed by atoms with Crippen LogP contribution in [0.4, 0.5) is 4.39 Å². The first-order chi connectivity index (χ1) is 14.2. The van der Waals surface area contributed by atoms with Crippen molar-refractivity contribution in [2.75, 3.05) is 13.2 Å². The van der Waals surface area contributed by atoms with Gasteiger partial charge in [-0.2, -0.15) is 0 Å². The molecule has 0 fully saturated rings. The Morgan fingerprint density at radius 3 is 2.59 bits per heavy atom. The number of halogens is 1. The number of amides is 1. The van der Waals surface area contributed by atoms with Crippen molar-refractivity contribution in [3.8, 4) is 0 Å². The minimum atomic E-state index is -0.241. The van der Waals surface area contributed by atoms with E-state index in [0.717, 1.165) is 23.2 Å². The number of hydrogen-bond donors (Lipinski definition) is 0. The zero-order valence-electron chi connectivity index (χ0n) is 16.8. The summed E-state index contributed by atoms with van der Waals surface area (Å²) in [6, 6.07) is 20.4. The van der Waals surface area contributed by atoms with E-state index in [2.05, 4.69) is 11.5 Å². The third-order valence-electron chi connectivity index (χ3n) is 4.70. The van der Waals surface area contributed by atoms with Gasteiger partial charge in [0.05, 0.1) is 13.2 Å². The number of aromatic nitrogens is 1. The van der Waals surface area contributed by atoms with E-state index < -0.39 is 0 Å². The number of ether oxygens (including phenoxy) is 1. The molecule has 1 heterocycles. The second-order valence-electron chi connectivity index (χ2n) is 7.05. The van der Waals surface area contributed by atoms with Gasteiger partial charge in [0.1, 0.15) is 12.4 Å². The maximum Gasteiger partial charge on any atom is 0.248 e. The molecule has 3 aromatic rings. The fourth-order valence-corrected chi connectivity index (χ4v) is 3.26. The summed E-state index contributed by atoms with van der Waals surface area (Å²) in [5, 5.41) is 0. The minimum Gasteiger partial charge on any atom is -0.367 e. The fourth-order valence-electron chi connectivity index (χ4n) is 3.26. The summed E-state index contributed by atoms with van der Waals surface area (Å²) in [4.78, 5) is 14.5. The van der Waals surface area contributed by atoms with Crippen LogP contribution in [0.15, 0.2) is 72.9 Å². The average Bonchev–Trinajstić information content (AvgIpc) is 3.15. The minimum absolute atomic E-state index is 0.0266. The molecule has 1 amide bonds. The molecular formula is C24H27FN2O2. The fraction of sp³-hybridized carbons (Fsp3) is 0.292. The van der Waals surface area contributed by atoms with Crippen molar-refractivity contribution in [2.45, 2.75) is 33.0 Å². The Morgan fingerprint density at radius 1 is 1.03 bits per heavy atom. The van der Waals surface area contributed by atoms with Crippen molar-refractivity contribution in [1.82, 2.24) is 9.47 Å². The van der Waals surface area contributed by atoms with Crippen molar-refractivity contribution in [2.24, 2.45) is 0 Å². The zero-order chi connectivity index (χ0) is 20.5. The molecule has 0 saturated carbocycles. The van der Waals surface area contributed by atoms with Gasteiger partial charge in [-0.1, -0.05) is 49.4 Å². The predicted octanol–water partition coefficient (Wildman–Crippen LogP) is 4.63. The molecule has 0 unspecified atom stereocenters. The normalized spacial score (nSPS) is 10.8. The van der Waals surface area contributed by atoms with Crippen LogP contribution in [-0.4, -0.2) is 28.5 Å². The van der Waals surface area contributed by atoms with Gasteiger partial charge < -0.3 is 14.2 Å². The molecule has 29 heavy (non-hydrogen) atoms. The SMILES string of the molecule is CCCN(Cc1cccn1Cc1cccc(F)c1)C(=O)COCc1ccccc1. The summed E-state index contributed by atoms with van der Waals surface area (Å²) in [5.41, 5.74) is 2.95. The van der Waals surface area contributed by atoms with Crippen LogP contribution in [-0.2, 0) is 29.2 Å². The standard InChI is InChI=1S/C24H27FN2O2/c1-2-13-27(24(28)19-29-18-20-8-4-3-5-9-20)17-23-12-7-14-26(23)16-21-10-6-11-22(25)15-21/h3-12,14-15H,2,13,16-19H2,1H3. The van der Waals surface area contributed by atoms with Crippen LogP contribution in [0.25, 0.3) is 0 Å². The third-order valence-corrected chi connectivity index (χ3v) is 4.70. The molecule has 0 bridgehead atoms. The van der Waals surface area contributed by atoms with Crippen LogP contribution in [0, 0.1) is 5.82 Å². The highest BCUT2D eigenvalue weighted by molar-refractivity contribution is 5.77. The van der Waals surface area contributed by atoms with Crippen LogP contribution in [0.3, 0.4) is 0 Å². The Hall–Kier alpha value is -2.92. The molecule has 0 saturated heterocycles. The molecule has 2 aromatic carbocycles. The van der Waals surface area contributed by atoms with E-state index in [1.165, 1.54) is 12.1 Å². The van der Waals surface area contributed by atoms with Gasteiger partial charge in [0, 0.05) is 25.0 Å². The van der Waals surface area contributed by atoms with Gasteiger partial charge in [0.25, 0.3) is 0 Å². The van der Waals surface area contributed by atoms with Gasteiger partial charge in [-0.15, -0.1) is 0 Å². The Kier molecular flexibility index (Phi) is 7.59. The lowest BCUT2D eigenvalue weighted by molar-refractivity contribution is -0.137. The quantitative estimate of drug-likeness (QED) is 0.502. The van der Waals surface area contributed by atoms with E-state index in [9.17, 15) is 9.18 Å². The van der Waals surface area contributed by atoms with Crippen LogP contribution in [0.1, 0.15) is 30.2 Å². The summed E-state index contributed by atoms with van der Waals surface area (Å²) >= 11 is 0. The molecule has 4 nitrogen and oxygen atoms in total. The summed E-state index contributed by atoms with van der Waals surface area (Å²) in [7, 11) is 0. The second-order valence-corrected chi connectivity index (χ2v) is 7.05. The summed E-state index contributed by atoms with van der Waals surface area (Å²) in [6.45, 7) is 4.26. The Balaban J connectivity index is 1.60. The van der Waals surface area contributed by atoms with E-state index >= 15 is 0 Å². The highest BCUT2D eigenvalue weighted by Crippen LogP contribution is 2.13. The van der Waals surface area contributed by atoms with Crippen molar-refractivity contribution in [3.05, 3.63) is 95.6 Å². The number of nitrogens with zero attached hydrogens (tertiary/aromatic N) is 2. The van der Waals surface area contributed by atoms with Crippen LogP contribution < -0.4 is 0 Å². The topological polar surface area (TPSA) is 34.5 Å². The summed E-state index contributed by atoms with van der Waals surface area (Å²) in [6.07, 6.45) is 2.83. The first-order valence-electron chi connectivity index (χ1n) is 9.93. The Bertz CT molecular complexity index is 908. The number of carbonyl (C=O) groups excluding carboxylic acids is 1. The van der Waals surface area contributed by atoms with E-state index in [0.29, 0.717) is 26.2 Å². The summed E-state index contributed by atoms with van der Waals surface area (Å²) in [5.74, 6) is -0.268. The monoisotopic (exact) mass is 394 g/mol. The molecule has 1 aromatic heterocycles. The maximum absolute atomic E-state index is 13.5. The molecule has 0 spiro atoms. The lowest BCUT2D eigenvalue weighted by Crippen LogP contribution is -2.35. The van der Waals surface area contributed by atoms with E-state index in [1.807, 2.05) is 59.6 Å². The van der Waals surface area contributed by atoms with Crippen LogP contribution >= 0.6 is 0 Å². The molecule has 0 aliphatic rings. The molecule has 0 N–H and O–H groups in total. The van der Waals surface area contributed by atoms with E-state index in [4.69, 9.17) is 4.74 Å². The molecular weight excluding hydrogens is 367 g/mol. The highest BCUT2D eigenvalue weighted by atomic mass is 19.1. The molecule has 0 aliphatic heterocycles. The van der Waals surface area contributed by atoms with Crippen LogP contribution in [0.5, 0.6) is 0 Å². The van der Waals surface area contributed by atoms with Crippen molar-refractivity contribution in [3.63, 3.8) is 0 Å². The first kappa shape index (κ1) is 20.8. The van der Waals surface area contributed by atoms with Crippen molar-refractivity contribution in [1.29, 1.82) is 0 Å². The van der Waals surface area contributed by atoms with Crippen LogP contribution in [0.2, 0.25) is 0 Å². The zero-order valence-corrected chi connectivity index (χ0v) is 16.8. The van der Waals surface area contributed by atoms with Gasteiger partial charge in [-0.25, -0.2) is 4.39 Å². The van der Waals surface area contributed by atoms with Gasteiger partial charge in [-0.3, -0.25) is 4.79 Å². The smallest absolute Gasteiger partial charge is 0.248 e. The van der Waals surface area contributed by atoms with Gasteiger partial charge in [-0.05, 0) is 41.8 Å². The number of rotatable bonds is 10. The average molecular weight is 394 g/mol. The number of hydrogen-bond acceptors (Lipinski definition) is 2. The predicted molar refractivity (Wildman–Crippen MR) is 112 cm³/mol. The second kappa shape index (κ2) is 10.6. The van der Waals surface area contributed by atoms with Crippen molar-refractivity contribution >= 4 is 5.91 Å². The lowest BCUT2D eigenvalue weighted by Gasteiger charge is -2.23. The Morgan fingerprint density at radius 2 is 1.83 bits per heavy atom. The largest absolute Gasteiger partial charge is 0.367 e. The highest BCUT2D eigenvalue weighted by Gasteiger charge is 2.15. The molecule has 0 radical (unpaired) electrons. The van der Waals surface area contributed by atoms with E-state index in [1.54, 1.807) is 6.07 Å². The van der Waals surface area contributed by atoms with Gasteiger partial charge in [0.15, 0.2) is 0 Å². The molecule has 3 rings (SSSR count). The Labute approximate surface area is 171 Å². The summed E-state index contributed by atoms with van der Waals surface area (Å²) < 4.78 is 21.2. The molecule has 0 aliphatic carbocycles.